The Hall–Kier alpha value is 0.400. The van der Waals surface area contributed by atoms with E-state index in [0.29, 0.717) is 0 Å². The van der Waals surface area contributed by atoms with E-state index in [-0.39, 0.29) is 6.54 Å². The average molecular weight is 527 g/mol. The lowest BCUT2D eigenvalue weighted by atomic mass is 10.2. The Balaban J connectivity index is 4.51. The zero-order valence-corrected chi connectivity index (χ0v) is 19.7. The number of rotatable bonds is 18. The van der Waals surface area contributed by atoms with Crippen LogP contribution < -0.4 is 5.32 Å². The smallest absolute Gasteiger partial charge is 0.319 e. The van der Waals surface area contributed by atoms with Crippen LogP contribution >= 0.6 is 31.3 Å². The average Bonchev–Trinajstić information content (AvgIpc) is 2.63. The summed E-state index contributed by atoms with van der Waals surface area (Å²) < 4.78 is 80.0. The van der Waals surface area contributed by atoms with Crippen LogP contribution in [0.25, 0.3) is 0 Å². The molecule has 0 bridgehead atoms. The minimum atomic E-state index is -4.72. The van der Waals surface area contributed by atoms with Crippen LogP contribution in [0.5, 0.6) is 0 Å². The zero-order chi connectivity index (χ0) is 23.5. The first-order valence-corrected chi connectivity index (χ1v) is 13.6. The van der Waals surface area contributed by atoms with Gasteiger partial charge in [-0.25, -0.2) is 18.3 Å². The van der Waals surface area contributed by atoms with Gasteiger partial charge >= 0.3 is 31.3 Å². The highest BCUT2D eigenvalue weighted by molar-refractivity contribution is 7.48. The lowest BCUT2D eigenvalue weighted by Crippen LogP contribution is -2.27. The topological polar surface area (TPSA) is 235 Å². The van der Waals surface area contributed by atoms with Gasteiger partial charge in [-0.15, -0.1) is 0 Å². The van der Waals surface area contributed by atoms with Gasteiger partial charge in [-0.1, -0.05) is 0 Å². The third kappa shape index (κ3) is 15.2. The SMILES string of the molecule is CNCC(COP(=O)(O)OCOP(=O)(O)OC)COP(=O)(O)OCOP(=O)(O)OC. The molecule has 5 N–H and O–H groups in total. The number of phosphoric acid groups is 4. The van der Waals surface area contributed by atoms with Crippen molar-refractivity contribution in [1.82, 2.24) is 5.32 Å². The van der Waals surface area contributed by atoms with E-state index in [1.165, 1.54) is 7.05 Å². The van der Waals surface area contributed by atoms with Crippen molar-refractivity contribution >= 4 is 31.3 Å². The Labute approximate surface area is 171 Å². The first kappa shape index (κ1) is 30.4. The number of nitrogens with one attached hydrogen (secondary N) is 1. The van der Waals surface area contributed by atoms with Crippen molar-refractivity contribution in [2.75, 3.05) is 54.6 Å². The zero-order valence-electron chi connectivity index (χ0n) is 16.1. The van der Waals surface area contributed by atoms with Crippen molar-refractivity contribution in [2.45, 2.75) is 0 Å². The van der Waals surface area contributed by atoms with Gasteiger partial charge in [-0.3, -0.25) is 36.2 Å². The van der Waals surface area contributed by atoms with Crippen molar-refractivity contribution in [1.29, 1.82) is 0 Å². The van der Waals surface area contributed by atoms with E-state index >= 15 is 0 Å². The molecule has 4 atom stereocenters. The molecule has 0 aromatic heterocycles. The van der Waals surface area contributed by atoms with Gasteiger partial charge in [0.1, 0.15) is 0 Å². The minimum absolute atomic E-state index is 0.0814. The maximum absolute atomic E-state index is 11.7. The Morgan fingerprint density at radius 3 is 1.30 bits per heavy atom. The van der Waals surface area contributed by atoms with Crippen LogP contribution in [0.3, 0.4) is 0 Å². The van der Waals surface area contributed by atoms with Crippen molar-refractivity contribution < 1.29 is 74.0 Å². The second-order valence-corrected chi connectivity index (χ2v) is 11.0. The molecule has 21 heteroatoms. The molecule has 0 radical (unpaired) electrons. The summed E-state index contributed by atoms with van der Waals surface area (Å²) in [5.41, 5.74) is 0. The Kier molecular flexibility index (Phi) is 14.0. The highest BCUT2D eigenvalue weighted by Crippen LogP contribution is 2.49. The third-order valence-corrected chi connectivity index (χ3v) is 6.36. The first-order chi connectivity index (χ1) is 13.7. The second-order valence-electron chi connectivity index (χ2n) is 5.01. The lowest BCUT2D eigenvalue weighted by molar-refractivity contribution is 0.0290. The van der Waals surface area contributed by atoms with Crippen molar-refractivity contribution in [2.24, 2.45) is 5.92 Å². The lowest BCUT2D eigenvalue weighted by Gasteiger charge is -2.20. The summed E-state index contributed by atoms with van der Waals surface area (Å²) in [6.45, 7) is -3.17. The summed E-state index contributed by atoms with van der Waals surface area (Å²) in [5.74, 6) is -0.782. The fourth-order valence-corrected chi connectivity index (χ4v) is 3.42. The van der Waals surface area contributed by atoms with E-state index < -0.39 is 64.0 Å². The summed E-state index contributed by atoms with van der Waals surface area (Å²) in [6, 6.07) is 0. The van der Waals surface area contributed by atoms with Gasteiger partial charge in [0.15, 0.2) is 13.6 Å². The molecule has 0 aromatic rings. The summed E-state index contributed by atoms with van der Waals surface area (Å²) in [5, 5.41) is 2.68. The molecule has 0 heterocycles. The van der Waals surface area contributed by atoms with E-state index in [9.17, 15) is 28.0 Å². The van der Waals surface area contributed by atoms with E-state index in [0.717, 1.165) is 14.2 Å². The maximum atomic E-state index is 11.7. The van der Waals surface area contributed by atoms with Gasteiger partial charge in [0.05, 0.1) is 13.2 Å². The van der Waals surface area contributed by atoms with Crippen LogP contribution in [0.15, 0.2) is 0 Å². The largest absolute Gasteiger partial charge is 0.474 e. The molecule has 0 aliphatic rings. The summed E-state index contributed by atoms with van der Waals surface area (Å²) in [6.07, 6.45) is 0. The van der Waals surface area contributed by atoms with Crippen LogP contribution in [-0.2, 0) is 54.5 Å². The second kappa shape index (κ2) is 13.8. The predicted octanol–water partition coefficient (Wildman–Crippen LogP) is 0.531. The highest BCUT2D eigenvalue weighted by atomic mass is 31.2. The number of phosphoric ester groups is 4. The van der Waals surface area contributed by atoms with Crippen molar-refractivity contribution in [3.63, 3.8) is 0 Å². The molecule has 0 amide bonds. The highest BCUT2D eigenvalue weighted by Gasteiger charge is 2.29. The van der Waals surface area contributed by atoms with E-state index in [1.807, 2.05) is 0 Å². The minimum Gasteiger partial charge on any atom is -0.319 e. The molecule has 0 aliphatic heterocycles. The molecule has 30 heavy (non-hydrogen) atoms. The van der Waals surface area contributed by atoms with Gasteiger partial charge in [-0.05, 0) is 7.05 Å². The van der Waals surface area contributed by atoms with Crippen LogP contribution in [-0.4, -0.2) is 74.2 Å². The van der Waals surface area contributed by atoms with Crippen molar-refractivity contribution in [3.05, 3.63) is 0 Å². The molecule has 0 saturated heterocycles. The number of hydrogen-bond acceptors (Lipinski definition) is 13. The molecule has 4 unspecified atom stereocenters. The normalized spacial score (nSPS) is 21.2. The van der Waals surface area contributed by atoms with Crippen LogP contribution in [0.2, 0.25) is 0 Å². The Morgan fingerprint density at radius 2 is 1.00 bits per heavy atom. The van der Waals surface area contributed by atoms with Gasteiger partial charge in [-0.2, -0.15) is 0 Å². The molecule has 17 nitrogen and oxygen atoms in total. The molecule has 0 aliphatic carbocycles. The van der Waals surface area contributed by atoms with E-state index in [1.54, 1.807) is 0 Å². The van der Waals surface area contributed by atoms with E-state index in [2.05, 4.69) is 41.5 Å². The molecule has 0 aromatic carbocycles. The predicted molar refractivity (Wildman–Crippen MR) is 96.7 cm³/mol. The Bertz CT molecular complexity index is 634. The fraction of sp³-hybridized carbons (Fsp3) is 1.00. The molecular formula is C9H25NO16P4. The summed E-state index contributed by atoms with van der Waals surface area (Å²) in [7, 11) is -15.1. The molecule has 0 saturated carbocycles. The standard InChI is InChI=1S/C9H25NO16P4/c1-10-4-9(5-21-29(15,16)25-7-23-27(11,12)19-2)6-22-30(17,18)26-8-24-28(13,14)20-3/h9-10H,4-8H2,1-3H3,(H,11,12)(H,13,14)(H,15,16)(H,17,18). The summed E-state index contributed by atoms with van der Waals surface area (Å²) in [4.78, 5) is 36.9. The van der Waals surface area contributed by atoms with Gasteiger partial charge in [0, 0.05) is 26.7 Å². The molecule has 0 spiro atoms. The fourth-order valence-electron chi connectivity index (χ4n) is 1.35. The van der Waals surface area contributed by atoms with Crippen molar-refractivity contribution in [3.8, 4) is 0 Å². The first-order valence-electron chi connectivity index (χ1n) is 7.62. The molecule has 0 fully saturated rings. The molecular weight excluding hydrogens is 502 g/mol. The maximum Gasteiger partial charge on any atom is 0.474 e. The van der Waals surface area contributed by atoms with Crippen LogP contribution in [0.4, 0.5) is 0 Å². The third-order valence-electron chi connectivity index (χ3n) is 2.76. The summed E-state index contributed by atoms with van der Waals surface area (Å²) >= 11 is 0. The molecule has 182 valence electrons. The van der Waals surface area contributed by atoms with Crippen LogP contribution in [0, 0.1) is 5.92 Å². The quantitative estimate of drug-likeness (QED) is 0.121. The van der Waals surface area contributed by atoms with Gasteiger partial charge < -0.3 is 24.9 Å². The number of hydrogen-bond donors (Lipinski definition) is 5. The Morgan fingerprint density at radius 1 is 0.667 bits per heavy atom. The van der Waals surface area contributed by atoms with Gasteiger partial charge in [0.25, 0.3) is 0 Å². The monoisotopic (exact) mass is 527 g/mol. The van der Waals surface area contributed by atoms with Crippen LogP contribution in [0.1, 0.15) is 0 Å². The van der Waals surface area contributed by atoms with Gasteiger partial charge in [0.2, 0.25) is 0 Å². The molecule has 0 rings (SSSR count). The van der Waals surface area contributed by atoms with E-state index in [4.69, 9.17) is 9.79 Å².